The van der Waals surface area contributed by atoms with Gasteiger partial charge in [0.2, 0.25) is 16.0 Å². The molecule has 13 nitrogen and oxygen atoms in total. The Morgan fingerprint density at radius 1 is 1.00 bits per heavy atom. The van der Waals surface area contributed by atoms with Crippen LogP contribution in [-0.2, 0) is 33.5 Å². The molecule has 1 aromatic carbocycles. The Hall–Kier alpha value is -3.66. The van der Waals surface area contributed by atoms with Gasteiger partial charge in [0.05, 0.1) is 17.1 Å². The number of aryl methyl sites for hydroxylation is 1. The molecule has 45 heavy (non-hydrogen) atoms. The van der Waals surface area contributed by atoms with Crippen molar-refractivity contribution in [3.63, 3.8) is 0 Å². The molecule has 2 aliphatic rings. The van der Waals surface area contributed by atoms with Crippen LogP contribution in [-0.4, -0.2) is 95.4 Å². The SMILES string of the molecule is CN1CCC(c2ccc(Nc3ncc4cc(-c5nc(S(=O)(=O)C6CC6)cn5C)c(=O)n(CCN(C)S(C)(=O)=O)c4n3)cc2)CC1. The highest BCUT2D eigenvalue weighted by Crippen LogP contribution is 2.34. The number of rotatable bonds is 10. The van der Waals surface area contributed by atoms with E-state index in [9.17, 15) is 21.6 Å². The van der Waals surface area contributed by atoms with Crippen LogP contribution in [0.2, 0.25) is 0 Å². The Balaban J connectivity index is 1.35. The number of hydrogen-bond donors (Lipinski definition) is 1. The zero-order valence-electron chi connectivity index (χ0n) is 25.8. The number of likely N-dealkylation sites (N-methyl/N-ethyl adjacent to an activating group) is 1. The summed E-state index contributed by atoms with van der Waals surface area (Å²) in [5.74, 6) is 1.00. The minimum Gasteiger partial charge on any atom is -0.332 e. The number of sulfone groups is 1. The van der Waals surface area contributed by atoms with Crippen LogP contribution in [0.3, 0.4) is 0 Å². The molecule has 15 heteroatoms. The van der Waals surface area contributed by atoms with Gasteiger partial charge < -0.3 is 14.8 Å². The summed E-state index contributed by atoms with van der Waals surface area (Å²) < 4.78 is 54.1. The lowest BCUT2D eigenvalue weighted by atomic mass is 9.89. The molecule has 1 aliphatic heterocycles. The van der Waals surface area contributed by atoms with Gasteiger partial charge in [-0.05, 0) is 75.5 Å². The summed E-state index contributed by atoms with van der Waals surface area (Å²) in [7, 11) is -1.85. The van der Waals surface area contributed by atoms with Gasteiger partial charge in [0, 0.05) is 50.7 Å². The maximum Gasteiger partial charge on any atom is 0.263 e. The second-order valence-electron chi connectivity index (χ2n) is 12.2. The number of nitrogens with one attached hydrogen (secondary N) is 1. The van der Waals surface area contributed by atoms with Crippen LogP contribution in [0.4, 0.5) is 11.6 Å². The van der Waals surface area contributed by atoms with Gasteiger partial charge in [-0.25, -0.2) is 31.1 Å². The van der Waals surface area contributed by atoms with E-state index >= 15 is 0 Å². The van der Waals surface area contributed by atoms with Crippen molar-refractivity contribution in [2.24, 2.45) is 7.05 Å². The lowest BCUT2D eigenvalue weighted by molar-refractivity contribution is 0.255. The van der Waals surface area contributed by atoms with Crippen molar-refractivity contribution in [1.29, 1.82) is 0 Å². The predicted octanol–water partition coefficient (Wildman–Crippen LogP) is 2.57. The molecule has 0 atom stereocenters. The average molecular weight is 655 g/mol. The fourth-order valence-corrected chi connectivity index (χ4v) is 7.71. The summed E-state index contributed by atoms with van der Waals surface area (Å²) in [5, 5.41) is 3.24. The Kier molecular flexibility index (Phi) is 8.31. The first-order chi connectivity index (χ1) is 21.3. The van der Waals surface area contributed by atoms with E-state index in [1.165, 1.54) is 27.9 Å². The fraction of sp³-hybridized carbons (Fsp3) is 0.467. The standard InChI is InChI=1S/C30H38N8O5S2/c1-35-13-11-21(12-14-35)20-5-7-23(8-6-20)32-30-31-18-22-17-25(28-33-26(19-36(28)2)45(42,43)24-9-10-24)29(39)38(27(22)34-30)16-15-37(3)44(4,40)41/h5-8,17-19,21,24H,9-16H2,1-4H3,(H,31,32,34). The third kappa shape index (κ3) is 6.52. The van der Waals surface area contributed by atoms with Gasteiger partial charge in [-0.3, -0.25) is 9.36 Å². The summed E-state index contributed by atoms with van der Waals surface area (Å²) in [4.78, 5) is 29.9. The molecule has 1 saturated heterocycles. The van der Waals surface area contributed by atoms with E-state index in [1.54, 1.807) is 19.3 Å². The van der Waals surface area contributed by atoms with Crippen molar-refractivity contribution in [2.75, 3.05) is 45.3 Å². The second-order valence-corrected chi connectivity index (χ2v) is 16.4. The lowest BCUT2D eigenvalue weighted by Gasteiger charge is -2.29. The molecule has 3 aromatic heterocycles. The Labute approximate surface area is 262 Å². The Morgan fingerprint density at radius 2 is 1.69 bits per heavy atom. The van der Waals surface area contributed by atoms with Gasteiger partial charge in [-0.2, -0.15) is 4.98 Å². The van der Waals surface area contributed by atoms with Crippen LogP contribution >= 0.6 is 0 Å². The highest BCUT2D eigenvalue weighted by molar-refractivity contribution is 7.92. The molecule has 0 spiro atoms. The summed E-state index contributed by atoms with van der Waals surface area (Å²) >= 11 is 0. The number of sulfonamides is 1. The minimum atomic E-state index is -3.57. The molecule has 0 amide bonds. The number of fused-ring (bicyclic) bond motifs is 1. The first-order valence-corrected chi connectivity index (χ1v) is 18.4. The number of anilines is 2. The molecule has 0 bridgehead atoms. The number of aromatic nitrogens is 5. The van der Waals surface area contributed by atoms with E-state index in [-0.39, 0.29) is 35.5 Å². The number of likely N-dealkylation sites (tertiary alicyclic amines) is 1. The van der Waals surface area contributed by atoms with Crippen LogP contribution < -0.4 is 10.9 Å². The molecule has 4 heterocycles. The monoisotopic (exact) mass is 654 g/mol. The largest absolute Gasteiger partial charge is 0.332 e. The van der Waals surface area contributed by atoms with Crippen molar-refractivity contribution in [3.8, 4) is 11.4 Å². The van der Waals surface area contributed by atoms with Crippen molar-refractivity contribution in [2.45, 2.75) is 48.4 Å². The van der Waals surface area contributed by atoms with Crippen LogP contribution in [0.15, 0.2) is 52.5 Å². The number of hydrogen-bond acceptors (Lipinski definition) is 10. The highest BCUT2D eigenvalue weighted by atomic mass is 32.2. The van der Waals surface area contributed by atoms with E-state index in [4.69, 9.17) is 0 Å². The maximum atomic E-state index is 14.0. The third-order valence-corrected chi connectivity index (χ3v) is 12.2. The second kappa shape index (κ2) is 11.9. The summed E-state index contributed by atoms with van der Waals surface area (Å²) in [6.07, 6.45) is 7.56. The molecule has 0 unspecified atom stereocenters. The summed E-state index contributed by atoms with van der Waals surface area (Å²) in [6, 6.07) is 9.82. The van der Waals surface area contributed by atoms with Crippen LogP contribution in [0.5, 0.6) is 0 Å². The van der Waals surface area contributed by atoms with E-state index < -0.39 is 30.7 Å². The van der Waals surface area contributed by atoms with E-state index in [1.807, 2.05) is 12.1 Å². The molecule has 1 N–H and O–H groups in total. The number of nitrogens with zero attached hydrogens (tertiary/aromatic N) is 7. The van der Waals surface area contributed by atoms with Crippen LogP contribution in [0.25, 0.3) is 22.4 Å². The Morgan fingerprint density at radius 3 is 2.33 bits per heavy atom. The molecule has 1 aliphatic carbocycles. The number of piperidine rings is 1. The topological polar surface area (TPSA) is 152 Å². The zero-order valence-corrected chi connectivity index (χ0v) is 27.5. The van der Waals surface area contributed by atoms with Crippen molar-refractivity contribution in [3.05, 3.63) is 58.6 Å². The molecule has 240 valence electrons. The normalized spacial score (nSPS) is 16.9. The molecule has 1 saturated carbocycles. The molecule has 0 radical (unpaired) electrons. The van der Waals surface area contributed by atoms with E-state index in [2.05, 4.69) is 44.3 Å². The van der Waals surface area contributed by atoms with Gasteiger partial charge in [0.15, 0.2) is 14.9 Å². The minimum absolute atomic E-state index is 0.00607. The van der Waals surface area contributed by atoms with Gasteiger partial charge in [-0.15, -0.1) is 0 Å². The van der Waals surface area contributed by atoms with Gasteiger partial charge in [-0.1, -0.05) is 12.1 Å². The average Bonchev–Trinajstić information content (AvgIpc) is 3.79. The first-order valence-electron chi connectivity index (χ1n) is 15.0. The quantitative estimate of drug-likeness (QED) is 0.270. The van der Waals surface area contributed by atoms with Gasteiger partial charge >= 0.3 is 0 Å². The lowest BCUT2D eigenvalue weighted by Crippen LogP contribution is -2.33. The highest BCUT2D eigenvalue weighted by Gasteiger charge is 2.39. The summed E-state index contributed by atoms with van der Waals surface area (Å²) in [5.41, 5.74) is 2.10. The summed E-state index contributed by atoms with van der Waals surface area (Å²) in [6.45, 7) is 2.19. The molecular formula is C30H38N8O5S2. The van der Waals surface area contributed by atoms with Crippen molar-refractivity contribution >= 4 is 42.5 Å². The van der Waals surface area contributed by atoms with Crippen molar-refractivity contribution < 1.29 is 16.8 Å². The van der Waals surface area contributed by atoms with Gasteiger partial charge in [0.25, 0.3) is 5.56 Å². The zero-order chi connectivity index (χ0) is 32.1. The number of pyridine rings is 1. The maximum absolute atomic E-state index is 14.0. The van der Waals surface area contributed by atoms with Gasteiger partial charge in [0.1, 0.15) is 11.5 Å². The van der Waals surface area contributed by atoms with Crippen LogP contribution in [0.1, 0.15) is 37.2 Å². The molecule has 6 rings (SSSR count). The molecule has 2 fully saturated rings. The molecule has 4 aromatic rings. The van der Waals surface area contributed by atoms with Crippen molar-refractivity contribution in [1.82, 2.24) is 33.3 Å². The van der Waals surface area contributed by atoms with E-state index in [0.717, 1.165) is 42.2 Å². The molecular weight excluding hydrogens is 617 g/mol. The predicted molar refractivity (Wildman–Crippen MR) is 173 cm³/mol. The third-order valence-electron chi connectivity index (χ3n) is 8.74. The van der Waals surface area contributed by atoms with Crippen LogP contribution in [0, 0.1) is 0 Å². The fourth-order valence-electron chi connectivity index (χ4n) is 5.68. The first kappa shape index (κ1) is 31.3. The van der Waals surface area contributed by atoms with E-state index in [0.29, 0.717) is 29.8 Å². The number of benzene rings is 1. The number of imidazole rings is 1. The smallest absolute Gasteiger partial charge is 0.263 e. The Bertz CT molecular complexity index is 2010.